The number of phenols is 1. The van der Waals surface area contributed by atoms with Gasteiger partial charge in [0.2, 0.25) is 0 Å². The van der Waals surface area contributed by atoms with Crippen LogP contribution in [0.25, 0.3) is 0 Å². The third-order valence-electron chi connectivity index (χ3n) is 2.81. The van der Waals surface area contributed by atoms with Crippen molar-refractivity contribution in [2.45, 2.75) is 39.5 Å². The predicted molar refractivity (Wildman–Crippen MR) is 65.7 cm³/mol. The van der Waals surface area contributed by atoms with Crippen molar-refractivity contribution in [2.24, 2.45) is 5.92 Å². The van der Waals surface area contributed by atoms with E-state index >= 15 is 0 Å². The quantitative estimate of drug-likeness (QED) is 0.740. The van der Waals surface area contributed by atoms with Crippen molar-refractivity contribution in [1.82, 2.24) is 0 Å². The smallest absolute Gasteiger partial charge is 0.169 e. The molecule has 0 bridgehead atoms. The third kappa shape index (κ3) is 3.09. The maximum atomic E-state index is 12.2. The van der Waals surface area contributed by atoms with Gasteiger partial charge in [-0.3, -0.25) is 4.79 Å². The Bertz CT molecular complexity index is 338. The first kappa shape index (κ1) is 12.8. The molecule has 0 radical (unpaired) electrons. The summed E-state index contributed by atoms with van der Waals surface area (Å²) in [5.41, 5.74) is 0.467. The fourth-order valence-electron chi connectivity index (χ4n) is 2.01. The van der Waals surface area contributed by atoms with Crippen LogP contribution in [0.4, 0.5) is 0 Å². The van der Waals surface area contributed by atoms with E-state index in [9.17, 15) is 9.90 Å². The van der Waals surface area contributed by atoms with Gasteiger partial charge in [-0.15, -0.1) is 0 Å². The monoisotopic (exact) mass is 220 g/mol. The number of ketones is 1. The van der Waals surface area contributed by atoms with Crippen molar-refractivity contribution < 1.29 is 9.90 Å². The Balaban J connectivity index is 2.85. The van der Waals surface area contributed by atoms with Gasteiger partial charge in [-0.2, -0.15) is 0 Å². The zero-order chi connectivity index (χ0) is 12.0. The first-order valence-electron chi connectivity index (χ1n) is 6.02. The van der Waals surface area contributed by atoms with Crippen LogP contribution < -0.4 is 0 Å². The van der Waals surface area contributed by atoms with Crippen molar-refractivity contribution in [3.63, 3.8) is 0 Å². The summed E-state index contributed by atoms with van der Waals surface area (Å²) in [6.45, 7) is 4.17. The standard InChI is InChI=1S/C14H20O2/c1-3-7-11(8-4-2)14(16)12-9-5-6-10-13(12)15/h5-6,9-11,15H,3-4,7-8H2,1-2H3. The largest absolute Gasteiger partial charge is 0.507 e. The van der Waals surface area contributed by atoms with Crippen LogP contribution in [-0.2, 0) is 0 Å². The molecule has 2 heteroatoms. The molecule has 0 aliphatic heterocycles. The number of rotatable bonds is 6. The highest BCUT2D eigenvalue weighted by Gasteiger charge is 2.20. The number of phenolic OH excluding ortho intramolecular Hbond substituents is 1. The molecule has 0 saturated heterocycles. The van der Waals surface area contributed by atoms with Gasteiger partial charge in [0, 0.05) is 5.92 Å². The number of Topliss-reactive ketones (excluding diaryl/α,β-unsaturated/α-hetero) is 1. The van der Waals surface area contributed by atoms with Crippen LogP contribution in [0.15, 0.2) is 24.3 Å². The summed E-state index contributed by atoms with van der Waals surface area (Å²) in [4.78, 5) is 12.2. The third-order valence-corrected chi connectivity index (χ3v) is 2.81. The molecule has 0 saturated carbocycles. The first-order valence-corrected chi connectivity index (χ1v) is 6.02. The Morgan fingerprint density at radius 1 is 1.19 bits per heavy atom. The average molecular weight is 220 g/mol. The lowest BCUT2D eigenvalue weighted by Crippen LogP contribution is -2.14. The van der Waals surface area contributed by atoms with Gasteiger partial charge < -0.3 is 5.11 Å². The molecule has 2 nitrogen and oxygen atoms in total. The van der Waals surface area contributed by atoms with Crippen LogP contribution in [0, 0.1) is 5.92 Å². The molecule has 1 aromatic carbocycles. The highest BCUT2D eigenvalue weighted by atomic mass is 16.3. The van der Waals surface area contributed by atoms with Gasteiger partial charge in [-0.25, -0.2) is 0 Å². The van der Waals surface area contributed by atoms with E-state index in [0.29, 0.717) is 5.56 Å². The summed E-state index contributed by atoms with van der Waals surface area (Å²) >= 11 is 0. The number of hydrogen-bond donors (Lipinski definition) is 1. The lowest BCUT2D eigenvalue weighted by molar-refractivity contribution is 0.0902. The Kier molecular flexibility index (Phi) is 5.03. The normalized spacial score (nSPS) is 10.7. The number of carbonyl (C=O) groups excluding carboxylic acids is 1. The molecule has 0 amide bonds. The van der Waals surface area contributed by atoms with Gasteiger partial charge in [0.1, 0.15) is 5.75 Å². The van der Waals surface area contributed by atoms with Crippen molar-refractivity contribution in [2.75, 3.05) is 0 Å². The molecule has 0 aliphatic carbocycles. The van der Waals surface area contributed by atoms with E-state index in [-0.39, 0.29) is 17.5 Å². The van der Waals surface area contributed by atoms with E-state index < -0.39 is 0 Å². The Labute approximate surface area is 97.3 Å². The number of para-hydroxylation sites is 1. The topological polar surface area (TPSA) is 37.3 Å². The maximum Gasteiger partial charge on any atom is 0.169 e. The maximum absolute atomic E-state index is 12.2. The number of benzene rings is 1. The van der Waals surface area contributed by atoms with E-state index in [1.165, 1.54) is 0 Å². The van der Waals surface area contributed by atoms with E-state index in [1.807, 2.05) is 0 Å². The molecular formula is C14H20O2. The average Bonchev–Trinajstić information content (AvgIpc) is 2.28. The minimum atomic E-state index is 0.0586. The van der Waals surface area contributed by atoms with Gasteiger partial charge in [-0.05, 0) is 25.0 Å². The molecule has 16 heavy (non-hydrogen) atoms. The number of carbonyl (C=O) groups is 1. The van der Waals surface area contributed by atoms with Crippen molar-refractivity contribution in [3.8, 4) is 5.75 Å². The van der Waals surface area contributed by atoms with Crippen molar-refractivity contribution in [3.05, 3.63) is 29.8 Å². The highest BCUT2D eigenvalue weighted by Crippen LogP contribution is 2.24. The molecule has 0 spiro atoms. The zero-order valence-electron chi connectivity index (χ0n) is 10.1. The van der Waals surface area contributed by atoms with E-state index in [4.69, 9.17) is 0 Å². The Morgan fingerprint density at radius 2 is 1.75 bits per heavy atom. The van der Waals surface area contributed by atoms with Crippen LogP contribution in [-0.4, -0.2) is 10.9 Å². The Morgan fingerprint density at radius 3 is 2.25 bits per heavy atom. The second kappa shape index (κ2) is 6.31. The molecule has 0 fully saturated rings. The van der Waals surface area contributed by atoms with Crippen molar-refractivity contribution >= 4 is 5.78 Å². The van der Waals surface area contributed by atoms with E-state index in [2.05, 4.69) is 13.8 Å². The van der Waals surface area contributed by atoms with Crippen LogP contribution in [0.2, 0.25) is 0 Å². The summed E-state index contributed by atoms with van der Waals surface area (Å²) in [5.74, 6) is 0.245. The molecule has 0 heterocycles. The van der Waals surface area contributed by atoms with Gasteiger partial charge in [-0.1, -0.05) is 38.8 Å². The van der Waals surface area contributed by atoms with Gasteiger partial charge >= 0.3 is 0 Å². The fourth-order valence-corrected chi connectivity index (χ4v) is 2.01. The van der Waals surface area contributed by atoms with Gasteiger partial charge in [0.05, 0.1) is 5.56 Å². The SMILES string of the molecule is CCCC(CCC)C(=O)c1ccccc1O. The van der Waals surface area contributed by atoms with Crippen molar-refractivity contribution in [1.29, 1.82) is 0 Å². The minimum Gasteiger partial charge on any atom is -0.507 e. The van der Waals surface area contributed by atoms with Crippen LogP contribution in [0.5, 0.6) is 5.75 Å². The summed E-state index contributed by atoms with van der Waals surface area (Å²) < 4.78 is 0. The summed E-state index contributed by atoms with van der Waals surface area (Å²) in [6, 6.07) is 6.81. The van der Waals surface area contributed by atoms with Crippen LogP contribution >= 0.6 is 0 Å². The molecule has 1 N–H and O–H groups in total. The second-order valence-electron chi connectivity index (χ2n) is 4.16. The van der Waals surface area contributed by atoms with Gasteiger partial charge in [0.15, 0.2) is 5.78 Å². The zero-order valence-corrected chi connectivity index (χ0v) is 10.1. The lowest BCUT2D eigenvalue weighted by atomic mass is 9.89. The number of aromatic hydroxyl groups is 1. The minimum absolute atomic E-state index is 0.0586. The summed E-state index contributed by atoms with van der Waals surface area (Å²) in [5, 5.41) is 9.65. The Hall–Kier alpha value is -1.31. The van der Waals surface area contributed by atoms with Gasteiger partial charge in [0.25, 0.3) is 0 Å². The van der Waals surface area contributed by atoms with Crippen LogP contribution in [0.1, 0.15) is 49.9 Å². The molecular weight excluding hydrogens is 200 g/mol. The van der Waals surface area contributed by atoms with E-state index in [0.717, 1.165) is 25.7 Å². The van der Waals surface area contributed by atoms with E-state index in [1.54, 1.807) is 24.3 Å². The molecule has 0 aromatic heterocycles. The summed E-state index contributed by atoms with van der Waals surface area (Å²) in [7, 11) is 0. The summed E-state index contributed by atoms with van der Waals surface area (Å²) in [6.07, 6.45) is 3.82. The molecule has 0 unspecified atom stereocenters. The number of hydrogen-bond acceptors (Lipinski definition) is 2. The highest BCUT2D eigenvalue weighted by molar-refractivity contribution is 6.00. The first-order chi connectivity index (χ1) is 7.70. The predicted octanol–water partition coefficient (Wildman–Crippen LogP) is 3.79. The fraction of sp³-hybridized carbons (Fsp3) is 0.500. The molecule has 0 atom stereocenters. The lowest BCUT2D eigenvalue weighted by Gasteiger charge is -2.14. The molecule has 88 valence electrons. The molecule has 1 rings (SSSR count). The second-order valence-corrected chi connectivity index (χ2v) is 4.16. The molecule has 0 aliphatic rings. The molecule has 1 aromatic rings. The van der Waals surface area contributed by atoms with Crippen LogP contribution in [0.3, 0.4) is 0 Å².